The fourth-order valence-electron chi connectivity index (χ4n) is 3.09. The highest BCUT2D eigenvalue weighted by Crippen LogP contribution is 2.27. The van der Waals surface area contributed by atoms with Crippen molar-refractivity contribution in [3.05, 3.63) is 18.2 Å². The monoisotopic (exact) mass is 305 g/mol. The zero-order valence-electron chi connectivity index (χ0n) is 13.7. The van der Waals surface area contributed by atoms with Crippen LogP contribution in [0.5, 0.6) is 5.75 Å². The number of aromatic nitrogens is 2. The van der Waals surface area contributed by atoms with E-state index < -0.39 is 0 Å². The van der Waals surface area contributed by atoms with E-state index >= 15 is 0 Å². The van der Waals surface area contributed by atoms with Gasteiger partial charge in [-0.05, 0) is 36.8 Å². The first-order valence-electron chi connectivity index (χ1n) is 8.57. The summed E-state index contributed by atoms with van der Waals surface area (Å²) in [6.07, 6.45) is 6.74. The van der Waals surface area contributed by atoms with Crippen molar-refractivity contribution >= 4 is 16.7 Å². The van der Waals surface area contributed by atoms with Crippen LogP contribution in [-0.4, -0.2) is 23.3 Å². The van der Waals surface area contributed by atoms with E-state index in [0.717, 1.165) is 41.5 Å². The highest BCUT2D eigenvalue weighted by Gasteiger charge is 2.14. The Morgan fingerprint density at radius 1 is 1.32 bits per heavy atom. The third-order valence-electron chi connectivity index (χ3n) is 4.42. The van der Waals surface area contributed by atoms with E-state index in [1.807, 2.05) is 0 Å². The number of aromatic amines is 1. The maximum absolute atomic E-state index is 5.99. The number of hydrogen-bond acceptors (Lipinski definition) is 3. The van der Waals surface area contributed by atoms with Gasteiger partial charge in [0.25, 0.3) is 0 Å². The summed E-state index contributed by atoms with van der Waals surface area (Å²) in [6.45, 7) is 6.16. The molecule has 0 aliphatic heterocycles. The van der Waals surface area contributed by atoms with E-state index in [1.165, 1.54) is 32.1 Å². The number of ether oxygens (including phenoxy) is 1. The van der Waals surface area contributed by atoms with Crippen molar-refractivity contribution in [1.82, 2.24) is 10.2 Å². The maximum Gasteiger partial charge on any atom is 0.155 e. The van der Waals surface area contributed by atoms with Gasteiger partial charge in [0.1, 0.15) is 5.75 Å². The summed E-state index contributed by atoms with van der Waals surface area (Å²) in [7, 11) is 0. The third kappa shape index (κ3) is 3.73. The minimum Gasteiger partial charge on any atom is -0.493 e. The summed E-state index contributed by atoms with van der Waals surface area (Å²) in [6, 6.07) is 6.21. The Hall–Kier alpha value is -1.71. The Morgan fingerprint density at radius 2 is 2.14 bits per heavy atom. The van der Waals surface area contributed by atoms with Gasteiger partial charge in [-0.1, -0.05) is 33.1 Å². The summed E-state index contributed by atoms with van der Waals surface area (Å²) in [5, 5.41) is 12.0. The van der Waals surface area contributed by atoms with E-state index in [0.29, 0.717) is 5.92 Å². The lowest BCUT2D eigenvalue weighted by atomic mass is 9.90. The Balaban J connectivity index is 0.00000144. The van der Waals surface area contributed by atoms with Crippen molar-refractivity contribution in [1.29, 1.82) is 0 Å². The molecule has 1 saturated carbocycles. The summed E-state index contributed by atoms with van der Waals surface area (Å²) in [5.41, 5.74) is 1.03. The number of benzene rings is 1. The molecule has 22 heavy (non-hydrogen) atoms. The molecule has 0 unspecified atom stereocenters. The molecule has 1 aromatic carbocycles. The number of nitrogens with one attached hydrogen (secondary N) is 2. The number of hydrogen-bond donors (Lipinski definition) is 2. The first-order chi connectivity index (χ1) is 10.7. The van der Waals surface area contributed by atoms with Crippen LogP contribution in [0.2, 0.25) is 0 Å². The first-order valence-corrected chi connectivity index (χ1v) is 8.57. The smallest absolute Gasteiger partial charge is 0.155 e. The molecule has 1 aromatic heterocycles. The zero-order chi connectivity index (χ0) is 15.4. The average Bonchev–Trinajstić information content (AvgIpc) is 2.94. The Labute approximate surface area is 135 Å². The molecule has 0 spiro atoms. The zero-order valence-corrected chi connectivity index (χ0v) is 13.7. The van der Waals surface area contributed by atoms with Gasteiger partial charge in [-0.3, -0.25) is 5.10 Å². The average molecular weight is 305 g/mol. The van der Waals surface area contributed by atoms with Crippen molar-refractivity contribution in [2.75, 3.05) is 18.5 Å². The number of fused-ring (bicyclic) bond motifs is 1. The van der Waals surface area contributed by atoms with Gasteiger partial charge in [-0.25, -0.2) is 0 Å². The predicted molar refractivity (Wildman–Crippen MR) is 95.7 cm³/mol. The van der Waals surface area contributed by atoms with Gasteiger partial charge in [-0.15, -0.1) is 0 Å². The van der Waals surface area contributed by atoms with Crippen molar-refractivity contribution in [3.63, 3.8) is 0 Å². The highest BCUT2D eigenvalue weighted by molar-refractivity contribution is 5.90. The molecule has 0 saturated heterocycles. The number of anilines is 1. The first kappa shape index (κ1) is 15.2. The van der Waals surface area contributed by atoms with Crippen LogP contribution in [0.25, 0.3) is 10.9 Å². The lowest BCUT2D eigenvalue weighted by molar-refractivity contribution is 0.209. The fraction of sp³-hybridized carbons (Fsp3) is 0.611. The maximum atomic E-state index is 5.99. The molecule has 124 valence electrons. The van der Waals surface area contributed by atoms with Gasteiger partial charge in [0.2, 0.25) is 0 Å². The molecule has 1 heterocycles. The molecule has 1 aliphatic carbocycles. The molecular formula is C18H31N3O. The molecular weight excluding hydrogens is 274 g/mol. The van der Waals surface area contributed by atoms with E-state index in [9.17, 15) is 0 Å². The van der Waals surface area contributed by atoms with Crippen LogP contribution in [0.3, 0.4) is 0 Å². The van der Waals surface area contributed by atoms with Crippen LogP contribution in [0.4, 0.5) is 5.82 Å². The van der Waals surface area contributed by atoms with Gasteiger partial charge < -0.3 is 10.1 Å². The Kier molecular flexibility index (Phi) is 4.86. The third-order valence-corrected chi connectivity index (χ3v) is 4.42. The van der Waals surface area contributed by atoms with Gasteiger partial charge in [0.15, 0.2) is 5.82 Å². The SMILES string of the molecule is CC(C)CNc1n[nH]c2cc(OCC3CCCCC3)ccc12.[HH].[HH]. The van der Waals surface area contributed by atoms with Crippen LogP contribution in [-0.2, 0) is 0 Å². The van der Waals surface area contributed by atoms with Crippen LogP contribution >= 0.6 is 0 Å². The Morgan fingerprint density at radius 3 is 2.91 bits per heavy atom. The quantitative estimate of drug-likeness (QED) is 0.782. The van der Waals surface area contributed by atoms with Gasteiger partial charge >= 0.3 is 0 Å². The van der Waals surface area contributed by atoms with Gasteiger partial charge in [-0.2, -0.15) is 5.10 Å². The fourth-order valence-corrected chi connectivity index (χ4v) is 3.09. The molecule has 0 radical (unpaired) electrons. The van der Waals surface area contributed by atoms with Crippen LogP contribution in [0.15, 0.2) is 18.2 Å². The lowest BCUT2D eigenvalue weighted by Gasteiger charge is -2.21. The normalized spacial score (nSPS) is 16.3. The minimum atomic E-state index is 0. The summed E-state index contributed by atoms with van der Waals surface area (Å²) < 4.78 is 5.99. The number of rotatable bonds is 6. The number of nitrogens with zero attached hydrogens (tertiary/aromatic N) is 1. The van der Waals surface area contributed by atoms with E-state index in [1.54, 1.807) is 0 Å². The van der Waals surface area contributed by atoms with Gasteiger partial charge in [0.05, 0.1) is 12.1 Å². The van der Waals surface area contributed by atoms with Crippen molar-refractivity contribution in [2.45, 2.75) is 46.0 Å². The molecule has 1 aliphatic rings. The van der Waals surface area contributed by atoms with E-state index in [-0.39, 0.29) is 2.85 Å². The topological polar surface area (TPSA) is 49.9 Å². The van der Waals surface area contributed by atoms with Crippen molar-refractivity contribution in [2.24, 2.45) is 11.8 Å². The lowest BCUT2D eigenvalue weighted by Crippen LogP contribution is -2.15. The minimum absolute atomic E-state index is 0. The second-order valence-corrected chi connectivity index (χ2v) is 6.87. The van der Waals surface area contributed by atoms with Crippen LogP contribution in [0, 0.1) is 11.8 Å². The summed E-state index contributed by atoms with van der Waals surface area (Å²) in [4.78, 5) is 0. The molecule has 4 heteroatoms. The molecule has 4 nitrogen and oxygen atoms in total. The van der Waals surface area contributed by atoms with Crippen LogP contribution in [0.1, 0.15) is 48.8 Å². The van der Waals surface area contributed by atoms with E-state index in [2.05, 4.69) is 47.6 Å². The Bertz CT molecular complexity index is 609. The number of H-pyrrole nitrogens is 1. The molecule has 0 bridgehead atoms. The van der Waals surface area contributed by atoms with Crippen molar-refractivity contribution < 1.29 is 7.59 Å². The molecule has 2 aromatic rings. The molecule has 3 rings (SSSR count). The molecule has 2 N–H and O–H groups in total. The van der Waals surface area contributed by atoms with E-state index in [4.69, 9.17) is 4.74 Å². The highest BCUT2D eigenvalue weighted by atomic mass is 16.5. The second-order valence-electron chi connectivity index (χ2n) is 6.87. The molecule has 0 atom stereocenters. The summed E-state index contributed by atoms with van der Waals surface area (Å²) >= 11 is 0. The second kappa shape index (κ2) is 7.03. The summed E-state index contributed by atoms with van der Waals surface area (Å²) in [5.74, 6) is 3.21. The largest absolute Gasteiger partial charge is 0.493 e. The molecule has 1 fully saturated rings. The van der Waals surface area contributed by atoms with Crippen molar-refractivity contribution in [3.8, 4) is 5.75 Å². The standard InChI is InChI=1S/C18H27N3O.2H2/c1-13(2)11-19-18-16-9-8-15(10-17(16)20-21-18)22-12-14-6-4-3-5-7-14;;/h8-10,13-14H,3-7,11-12H2,1-2H3,(H2,19,20,21);2*1H. The van der Waals surface area contributed by atoms with Gasteiger partial charge in [0, 0.05) is 20.9 Å². The van der Waals surface area contributed by atoms with Crippen LogP contribution < -0.4 is 10.1 Å². The molecule has 0 amide bonds. The predicted octanol–water partition coefficient (Wildman–Crippen LogP) is 5.08.